The molecule has 0 unspecified atom stereocenters. The highest BCUT2D eigenvalue weighted by atomic mass is 35.5. The normalized spacial score (nSPS) is 11.3. The Morgan fingerprint density at radius 1 is 1.60 bits per heavy atom. The van der Waals surface area contributed by atoms with E-state index < -0.39 is 0 Å². The summed E-state index contributed by atoms with van der Waals surface area (Å²) in [6, 6.07) is 0. The molecule has 0 aromatic carbocycles. The molecule has 0 aliphatic heterocycles. The fourth-order valence-electron chi connectivity index (χ4n) is 0.410. The quantitative estimate of drug-likeness (QED) is 0.594. The van der Waals surface area contributed by atoms with E-state index in [1.54, 1.807) is 0 Å². The average molecular weight is 163 g/mol. The van der Waals surface area contributed by atoms with Gasteiger partial charge in [0.1, 0.15) is 0 Å². The molecular formula is C7H11ClO2. The number of esters is 1. The molecule has 0 heterocycles. The SMILES string of the molecule is CC(=O)OCC/C(C)=C/Cl. The van der Waals surface area contributed by atoms with Crippen LogP contribution in [0.2, 0.25) is 0 Å². The first kappa shape index (κ1) is 9.50. The molecule has 0 bridgehead atoms. The van der Waals surface area contributed by atoms with Crippen LogP contribution in [0.15, 0.2) is 11.1 Å². The van der Waals surface area contributed by atoms with Gasteiger partial charge in [0, 0.05) is 18.9 Å². The lowest BCUT2D eigenvalue weighted by atomic mass is 10.3. The molecule has 0 rings (SSSR count). The second-order valence-corrected chi connectivity index (χ2v) is 2.26. The Labute approximate surface area is 65.8 Å². The molecule has 0 fully saturated rings. The van der Waals surface area contributed by atoms with E-state index in [0.717, 1.165) is 5.57 Å². The summed E-state index contributed by atoms with van der Waals surface area (Å²) >= 11 is 5.36. The molecule has 0 atom stereocenters. The average Bonchev–Trinajstić information content (AvgIpc) is 1.87. The second-order valence-electron chi connectivity index (χ2n) is 2.05. The van der Waals surface area contributed by atoms with Crippen LogP contribution in [0.25, 0.3) is 0 Å². The lowest BCUT2D eigenvalue weighted by molar-refractivity contribution is -0.140. The van der Waals surface area contributed by atoms with Gasteiger partial charge in [-0.3, -0.25) is 4.79 Å². The van der Waals surface area contributed by atoms with Crippen LogP contribution >= 0.6 is 11.6 Å². The molecule has 0 saturated heterocycles. The number of hydrogen-bond acceptors (Lipinski definition) is 2. The molecule has 0 N–H and O–H groups in total. The second kappa shape index (κ2) is 5.30. The zero-order valence-electron chi connectivity index (χ0n) is 6.19. The monoisotopic (exact) mass is 162 g/mol. The molecule has 3 heteroatoms. The maximum atomic E-state index is 10.2. The molecule has 0 saturated carbocycles. The van der Waals surface area contributed by atoms with Crippen molar-refractivity contribution < 1.29 is 9.53 Å². The molecule has 58 valence electrons. The summed E-state index contributed by atoms with van der Waals surface area (Å²) in [5.74, 6) is -0.248. The van der Waals surface area contributed by atoms with Crippen molar-refractivity contribution in [3.05, 3.63) is 11.1 Å². The van der Waals surface area contributed by atoms with Crippen LogP contribution in [0, 0.1) is 0 Å². The first-order valence-corrected chi connectivity index (χ1v) is 3.49. The highest BCUT2D eigenvalue weighted by Gasteiger charge is 1.92. The molecule has 0 radical (unpaired) electrons. The van der Waals surface area contributed by atoms with Crippen molar-refractivity contribution in [2.24, 2.45) is 0 Å². The lowest BCUT2D eigenvalue weighted by Gasteiger charge is -1.99. The van der Waals surface area contributed by atoms with E-state index in [1.165, 1.54) is 12.5 Å². The van der Waals surface area contributed by atoms with E-state index in [0.29, 0.717) is 13.0 Å². The van der Waals surface area contributed by atoms with E-state index in [4.69, 9.17) is 11.6 Å². The maximum absolute atomic E-state index is 10.2. The molecule has 0 aromatic rings. The molecular weight excluding hydrogens is 152 g/mol. The Kier molecular flexibility index (Phi) is 5.03. The van der Waals surface area contributed by atoms with E-state index >= 15 is 0 Å². The van der Waals surface area contributed by atoms with Crippen LogP contribution in [-0.2, 0) is 9.53 Å². The highest BCUT2D eigenvalue weighted by Crippen LogP contribution is 2.00. The third kappa shape index (κ3) is 5.63. The Bertz CT molecular complexity index is 141. The van der Waals surface area contributed by atoms with E-state index in [-0.39, 0.29) is 5.97 Å². The number of carbonyl (C=O) groups excluding carboxylic acids is 1. The topological polar surface area (TPSA) is 26.3 Å². The summed E-state index contributed by atoms with van der Waals surface area (Å²) in [6.07, 6.45) is 0.711. The summed E-state index contributed by atoms with van der Waals surface area (Å²) in [5.41, 5.74) is 2.51. The minimum Gasteiger partial charge on any atom is -0.466 e. The molecule has 2 nitrogen and oxygen atoms in total. The van der Waals surface area contributed by atoms with Crippen molar-refractivity contribution in [2.75, 3.05) is 6.61 Å². The molecule has 10 heavy (non-hydrogen) atoms. The van der Waals surface area contributed by atoms with E-state index in [2.05, 4.69) is 4.74 Å². The zero-order chi connectivity index (χ0) is 7.98. The van der Waals surface area contributed by atoms with Gasteiger partial charge in [-0.05, 0) is 6.92 Å². The fraction of sp³-hybridized carbons (Fsp3) is 0.571. The van der Waals surface area contributed by atoms with Crippen LogP contribution in [0.5, 0.6) is 0 Å². The molecule has 0 aromatic heterocycles. The van der Waals surface area contributed by atoms with Crippen molar-refractivity contribution in [1.82, 2.24) is 0 Å². The Hall–Kier alpha value is -0.500. The summed E-state index contributed by atoms with van der Waals surface area (Å²) < 4.78 is 4.68. The summed E-state index contributed by atoms with van der Waals surface area (Å²) in [7, 11) is 0. The van der Waals surface area contributed by atoms with Gasteiger partial charge in [-0.1, -0.05) is 17.2 Å². The van der Waals surface area contributed by atoms with Gasteiger partial charge < -0.3 is 4.74 Å². The maximum Gasteiger partial charge on any atom is 0.302 e. The highest BCUT2D eigenvalue weighted by molar-refractivity contribution is 6.25. The predicted octanol–water partition coefficient (Wildman–Crippen LogP) is 2.08. The van der Waals surface area contributed by atoms with Gasteiger partial charge >= 0.3 is 5.97 Å². The first-order chi connectivity index (χ1) is 4.66. The first-order valence-electron chi connectivity index (χ1n) is 3.06. The summed E-state index contributed by atoms with van der Waals surface area (Å²) in [5, 5.41) is 0. The Morgan fingerprint density at radius 2 is 2.20 bits per heavy atom. The summed E-state index contributed by atoms with van der Waals surface area (Å²) in [6.45, 7) is 3.70. The predicted molar refractivity (Wildman–Crippen MR) is 40.9 cm³/mol. The van der Waals surface area contributed by atoms with Gasteiger partial charge in [-0.2, -0.15) is 0 Å². The van der Waals surface area contributed by atoms with Gasteiger partial charge in [0.15, 0.2) is 0 Å². The minimum atomic E-state index is -0.248. The van der Waals surface area contributed by atoms with Gasteiger partial charge in [0.2, 0.25) is 0 Å². The standard InChI is InChI=1S/C7H11ClO2/c1-6(5-8)3-4-10-7(2)9/h5H,3-4H2,1-2H3/b6-5+. The van der Waals surface area contributed by atoms with Crippen LogP contribution in [-0.4, -0.2) is 12.6 Å². The number of ether oxygens (including phenoxy) is 1. The van der Waals surface area contributed by atoms with Gasteiger partial charge in [-0.15, -0.1) is 0 Å². The van der Waals surface area contributed by atoms with E-state index in [9.17, 15) is 4.79 Å². The summed E-state index contributed by atoms with van der Waals surface area (Å²) in [4.78, 5) is 10.2. The number of carbonyl (C=O) groups is 1. The lowest BCUT2D eigenvalue weighted by Crippen LogP contribution is -2.00. The van der Waals surface area contributed by atoms with Crippen LogP contribution in [0.4, 0.5) is 0 Å². The third-order valence-electron chi connectivity index (χ3n) is 0.988. The zero-order valence-corrected chi connectivity index (χ0v) is 6.94. The van der Waals surface area contributed by atoms with Gasteiger partial charge in [0.05, 0.1) is 6.61 Å². The molecule has 0 spiro atoms. The van der Waals surface area contributed by atoms with Crippen LogP contribution in [0.1, 0.15) is 20.3 Å². The van der Waals surface area contributed by atoms with Crippen molar-refractivity contribution >= 4 is 17.6 Å². The molecule has 0 aliphatic carbocycles. The van der Waals surface area contributed by atoms with Crippen molar-refractivity contribution in [3.63, 3.8) is 0 Å². The van der Waals surface area contributed by atoms with Crippen molar-refractivity contribution in [2.45, 2.75) is 20.3 Å². The smallest absolute Gasteiger partial charge is 0.302 e. The number of hydrogen-bond donors (Lipinski definition) is 0. The van der Waals surface area contributed by atoms with Crippen LogP contribution < -0.4 is 0 Å². The Balaban J connectivity index is 3.29. The molecule has 0 amide bonds. The largest absolute Gasteiger partial charge is 0.466 e. The van der Waals surface area contributed by atoms with Crippen molar-refractivity contribution in [3.8, 4) is 0 Å². The van der Waals surface area contributed by atoms with Gasteiger partial charge in [0.25, 0.3) is 0 Å². The number of halogens is 1. The van der Waals surface area contributed by atoms with Crippen LogP contribution in [0.3, 0.4) is 0 Å². The molecule has 0 aliphatic rings. The third-order valence-corrected chi connectivity index (χ3v) is 1.36. The fourth-order valence-corrected chi connectivity index (χ4v) is 0.519. The van der Waals surface area contributed by atoms with Crippen molar-refractivity contribution in [1.29, 1.82) is 0 Å². The minimum absolute atomic E-state index is 0.248. The Morgan fingerprint density at radius 3 is 2.60 bits per heavy atom. The van der Waals surface area contributed by atoms with Gasteiger partial charge in [-0.25, -0.2) is 0 Å². The van der Waals surface area contributed by atoms with E-state index in [1.807, 2.05) is 6.92 Å². The number of rotatable bonds is 3.